The summed E-state index contributed by atoms with van der Waals surface area (Å²) >= 11 is 0. The van der Waals surface area contributed by atoms with Gasteiger partial charge in [0.1, 0.15) is 17.4 Å². The van der Waals surface area contributed by atoms with Crippen molar-refractivity contribution in [1.29, 1.82) is 0 Å². The predicted molar refractivity (Wildman–Crippen MR) is 81.3 cm³/mol. The average Bonchev–Trinajstić information content (AvgIpc) is 2.47. The molecule has 1 aromatic heterocycles. The van der Waals surface area contributed by atoms with Crippen molar-refractivity contribution in [3.8, 4) is 5.75 Å². The lowest BCUT2D eigenvalue weighted by atomic mass is 10.1. The lowest BCUT2D eigenvalue weighted by molar-refractivity contribution is 0.410. The SMILES string of the molecule is CCc1cc(NCCc2ccccc2OC)nc(C)n1. The molecule has 0 fully saturated rings. The molecule has 0 aliphatic rings. The summed E-state index contributed by atoms with van der Waals surface area (Å²) in [5.41, 5.74) is 2.27. The van der Waals surface area contributed by atoms with Crippen LogP contribution in [0.5, 0.6) is 5.75 Å². The molecule has 0 amide bonds. The fourth-order valence-corrected chi connectivity index (χ4v) is 2.14. The number of hydrogen-bond donors (Lipinski definition) is 1. The molecule has 0 saturated heterocycles. The van der Waals surface area contributed by atoms with E-state index >= 15 is 0 Å². The van der Waals surface area contributed by atoms with Gasteiger partial charge in [0.05, 0.1) is 7.11 Å². The Labute approximate surface area is 120 Å². The van der Waals surface area contributed by atoms with Crippen LogP contribution in [0.15, 0.2) is 30.3 Å². The van der Waals surface area contributed by atoms with Gasteiger partial charge in [0.15, 0.2) is 0 Å². The van der Waals surface area contributed by atoms with Gasteiger partial charge in [0.2, 0.25) is 0 Å². The van der Waals surface area contributed by atoms with Gasteiger partial charge in [-0.2, -0.15) is 0 Å². The first kappa shape index (κ1) is 14.3. The number of aryl methyl sites for hydroxylation is 2. The van der Waals surface area contributed by atoms with E-state index in [4.69, 9.17) is 4.74 Å². The lowest BCUT2D eigenvalue weighted by Gasteiger charge is -2.10. The van der Waals surface area contributed by atoms with Crippen LogP contribution in [0, 0.1) is 6.92 Å². The molecule has 1 heterocycles. The van der Waals surface area contributed by atoms with Crippen molar-refractivity contribution in [2.75, 3.05) is 19.0 Å². The van der Waals surface area contributed by atoms with Crippen LogP contribution in [-0.2, 0) is 12.8 Å². The molecule has 20 heavy (non-hydrogen) atoms. The fourth-order valence-electron chi connectivity index (χ4n) is 2.14. The number of para-hydroxylation sites is 1. The van der Waals surface area contributed by atoms with Crippen LogP contribution in [0.2, 0.25) is 0 Å². The minimum absolute atomic E-state index is 0.809. The number of anilines is 1. The molecule has 0 spiro atoms. The van der Waals surface area contributed by atoms with Crippen molar-refractivity contribution in [2.45, 2.75) is 26.7 Å². The Morgan fingerprint density at radius 3 is 2.75 bits per heavy atom. The molecule has 0 bridgehead atoms. The molecule has 0 aliphatic carbocycles. The highest BCUT2D eigenvalue weighted by atomic mass is 16.5. The van der Waals surface area contributed by atoms with Gasteiger partial charge in [-0.1, -0.05) is 25.1 Å². The van der Waals surface area contributed by atoms with Gasteiger partial charge in [0, 0.05) is 18.3 Å². The van der Waals surface area contributed by atoms with Crippen molar-refractivity contribution < 1.29 is 4.74 Å². The highest BCUT2D eigenvalue weighted by molar-refractivity contribution is 5.38. The van der Waals surface area contributed by atoms with Gasteiger partial charge >= 0.3 is 0 Å². The van der Waals surface area contributed by atoms with Crippen LogP contribution in [0.25, 0.3) is 0 Å². The van der Waals surface area contributed by atoms with Gasteiger partial charge in [-0.05, 0) is 31.4 Å². The van der Waals surface area contributed by atoms with Crippen LogP contribution < -0.4 is 10.1 Å². The van der Waals surface area contributed by atoms with Gasteiger partial charge in [-0.15, -0.1) is 0 Å². The zero-order chi connectivity index (χ0) is 14.4. The summed E-state index contributed by atoms with van der Waals surface area (Å²) in [7, 11) is 1.70. The Bertz CT molecular complexity index is 569. The number of aromatic nitrogens is 2. The summed E-state index contributed by atoms with van der Waals surface area (Å²) in [5, 5.41) is 3.35. The molecule has 0 saturated carbocycles. The van der Waals surface area contributed by atoms with Crippen LogP contribution in [0.4, 0.5) is 5.82 Å². The van der Waals surface area contributed by atoms with E-state index < -0.39 is 0 Å². The summed E-state index contributed by atoms with van der Waals surface area (Å²) in [6.45, 7) is 4.84. The van der Waals surface area contributed by atoms with E-state index in [2.05, 4.69) is 28.3 Å². The topological polar surface area (TPSA) is 47.0 Å². The molecule has 106 valence electrons. The predicted octanol–water partition coefficient (Wildman–Crippen LogP) is 3.01. The molecule has 1 aromatic carbocycles. The first-order valence-electron chi connectivity index (χ1n) is 6.93. The van der Waals surface area contributed by atoms with E-state index in [0.29, 0.717) is 0 Å². The molecular formula is C16H21N3O. The van der Waals surface area contributed by atoms with Gasteiger partial charge < -0.3 is 10.1 Å². The molecule has 0 atom stereocenters. The zero-order valence-electron chi connectivity index (χ0n) is 12.3. The Kier molecular flexibility index (Phi) is 4.93. The van der Waals surface area contributed by atoms with E-state index in [1.807, 2.05) is 31.2 Å². The number of nitrogens with one attached hydrogen (secondary N) is 1. The molecule has 4 heteroatoms. The van der Waals surface area contributed by atoms with Gasteiger partial charge in [-0.25, -0.2) is 9.97 Å². The van der Waals surface area contributed by atoms with E-state index in [0.717, 1.165) is 42.5 Å². The second-order valence-electron chi connectivity index (χ2n) is 4.63. The first-order chi connectivity index (χ1) is 9.72. The average molecular weight is 271 g/mol. The highest BCUT2D eigenvalue weighted by Crippen LogP contribution is 2.17. The standard InChI is InChI=1S/C16H21N3O/c1-4-14-11-16(19-12(2)18-14)17-10-9-13-7-5-6-8-15(13)20-3/h5-8,11H,4,9-10H2,1-3H3,(H,17,18,19). The maximum atomic E-state index is 5.35. The molecule has 2 rings (SSSR count). The van der Waals surface area contributed by atoms with Crippen LogP contribution in [0.1, 0.15) is 24.0 Å². The van der Waals surface area contributed by atoms with E-state index in [9.17, 15) is 0 Å². The van der Waals surface area contributed by atoms with Crippen molar-refractivity contribution in [2.24, 2.45) is 0 Å². The van der Waals surface area contributed by atoms with E-state index in [1.54, 1.807) is 7.11 Å². The summed E-state index contributed by atoms with van der Waals surface area (Å²) in [5.74, 6) is 2.64. The normalized spacial score (nSPS) is 10.3. The third kappa shape index (κ3) is 3.70. The number of nitrogens with zero attached hydrogens (tertiary/aromatic N) is 2. The third-order valence-corrected chi connectivity index (χ3v) is 3.15. The molecule has 1 N–H and O–H groups in total. The molecular weight excluding hydrogens is 250 g/mol. The van der Waals surface area contributed by atoms with Crippen LogP contribution >= 0.6 is 0 Å². The zero-order valence-corrected chi connectivity index (χ0v) is 12.3. The monoisotopic (exact) mass is 271 g/mol. The minimum Gasteiger partial charge on any atom is -0.496 e. The van der Waals surface area contributed by atoms with Crippen molar-refractivity contribution >= 4 is 5.82 Å². The summed E-state index contributed by atoms with van der Waals surface area (Å²) in [4.78, 5) is 8.78. The van der Waals surface area contributed by atoms with Crippen molar-refractivity contribution in [3.05, 3.63) is 47.4 Å². The molecule has 0 unspecified atom stereocenters. The number of hydrogen-bond acceptors (Lipinski definition) is 4. The Morgan fingerprint density at radius 1 is 1.20 bits per heavy atom. The quantitative estimate of drug-likeness (QED) is 0.877. The summed E-state index contributed by atoms with van der Waals surface area (Å²) in [6, 6.07) is 10.1. The first-order valence-corrected chi connectivity index (χ1v) is 6.93. The Balaban J connectivity index is 1.97. The smallest absolute Gasteiger partial charge is 0.129 e. The summed E-state index contributed by atoms with van der Waals surface area (Å²) < 4.78 is 5.35. The third-order valence-electron chi connectivity index (χ3n) is 3.15. The number of rotatable bonds is 6. The number of methoxy groups -OCH3 is 1. The van der Waals surface area contributed by atoms with E-state index in [-0.39, 0.29) is 0 Å². The van der Waals surface area contributed by atoms with Gasteiger partial charge in [-0.3, -0.25) is 0 Å². The molecule has 0 aliphatic heterocycles. The fraction of sp³-hybridized carbons (Fsp3) is 0.375. The second-order valence-corrected chi connectivity index (χ2v) is 4.63. The Morgan fingerprint density at radius 2 is 2.00 bits per heavy atom. The summed E-state index contributed by atoms with van der Waals surface area (Å²) in [6.07, 6.45) is 1.82. The van der Waals surface area contributed by atoms with Crippen molar-refractivity contribution in [3.63, 3.8) is 0 Å². The largest absolute Gasteiger partial charge is 0.496 e. The van der Waals surface area contributed by atoms with Gasteiger partial charge in [0.25, 0.3) is 0 Å². The maximum absolute atomic E-state index is 5.35. The van der Waals surface area contributed by atoms with Crippen LogP contribution in [-0.4, -0.2) is 23.6 Å². The molecule has 4 nitrogen and oxygen atoms in total. The maximum Gasteiger partial charge on any atom is 0.129 e. The van der Waals surface area contributed by atoms with E-state index in [1.165, 1.54) is 5.56 Å². The Hall–Kier alpha value is -2.10. The van der Waals surface area contributed by atoms with Crippen molar-refractivity contribution in [1.82, 2.24) is 9.97 Å². The number of ether oxygens (including phenoxy) is 1. The van der Waals surface area contributed by atoms with Crippen LogP contribution in [0.3, 0.4) is 0 Å². The minimum atomic E-state index is 0.809. The highest BCUT2D eigenvalue weighted by Gasteiger charge is 2.03. The lowest BCUT2D eigenvalue weighted by Crippen LogP contribution is -2.09. The molecule has 0 radical (unpaired) electrons. The number of benzene rings is 1. The second kappa shape index (κ2) is 6.89. The molecule has 2 aromatic rings.